The second-order valence-electron chi connectivity index (χ2n) is 5.32. The van der Waals surface area contributed by atoms with Crippen molar-refractivity contribution in [3.8, 4) is 5.75 Å². The van der Waals surface area contributed by atoms with Crippen LogP contribution in [-0.2, 0) is 16.0 Å². The maximum Gasteiger partial charge on any atom is 0.330 e. The SMILES string of the molecule is N[C@@H](Cc1ccc(OC(=O)CNC(=O)c2ccccc2)cc1)C(=O)O. The van der Waals surface area contributed by atoms with Gasteiger partial charge in [0.05, 0.1) is 0 Å². The molecule has 0 aliphatic carbocycles. The molecule has 130 valence electrons. The number of amides is 1. The van der Waals surface area contributed by atoms with Gasteiger partial charge >= 0.3 is 11.9 Å². The first-order valence-corrected chi connectivity index (χ1v) is 7.57. The Hall–Kier alpha value is -3.19. The highest BCUT2D eigenvalue weighted by molar-refractivity contribution is 5.96. The number of carbonyl (C=O) groups is 3. The molecule has 2 rings (SSSR count). The van der Waals surface area contributed by atoms with E-state index in [4.69, 9.17) is 15.6 Å². The molecule has 1 amide bonds. The van der Waals surface area contributed by atoms with Crippen LogP contribution in [0.3, 0.4) is 0 Å². The lowest BCUT2D eigenvalue weighted by Crippen LogP contribution is -2.32. The van der Waals surface area contributed by atoms with Crippen molar-refractivity contribution in [2.75, 3.05) is 6.54 Å². The Labute approximate surface area is 144 Å². The molecule has 0 spiro atoms. The summed E-state index contributed by atoms with van der Waals surface area (Å²) in [6, 6.07) is 13.9. The smallest absolute Gasteiger partial charge is 0.330 e. The number of nitrogens with two attached hydrogens (primary N) is 1. The van der Waals surface area contributed by atoms with E-state index in [1.54, 1.807) is 54.6 Å². The summed E-state index contributed by atoms with van der Waals surface area (Å²) in [6.07, 6.45) is 0.177. The molecule has 0 aliphatic rings. The number of carbonyl (C=O) groups excluding carboxylic acids is 2. The van der Waals surface area contributed by atoms with E-state index >= 15 is 0 Å². The van der Waals surface area contributed by atoms with Crippen LogP contribution >= 0.6 is 0 Å². The lowest BCUT2D eigenvalue weighted by Gasteiger charge is -2.08. The molecule has 4 N–H and O–H groups in total. The van der Waals surface area contributed by atoms with Gasteiger partial charge in [0.1, 0.15) is 18.3 Å². The van der Waals surface area contributed by atoms with Crippen LogP contribution in [0.25, 0.3) is 0 Å². The van der Waals surface area contributed by atoms with Gasteiger partial charge in [-0.3, -0.25) is 9.59 Å². The van der Waals surface area contributed by atoms with Crippen LogP contribution < -0.4 is 15.8 Å². The molecule has 25 heavy (non-hydrogen) atoms. The van der Waals surface area contributed by atoms with Gasteiger partial charge in [-0.2, -0.15) is 0 Å². The van der Waals surface area contributed by atoms with Crippen LogP contribution in [0.5, 0.6) is 5.75 Å². The van der Waals surface area contributed by atoms with E-state index < -0.39 is 18.0 Å². The molecule has 1 atom stereocenters. The van der Waals surface area contributed by atoms with Gasteiger partial charge < -0.3 is 20.9 Å². The van der Waals surface area contributed by atoms with Gasteiger partial charge in [0.25, 0.3) is 5.91 Å². The quantitative estimate of drug-likeness (QED) is 0.510. The van der Waals surface area contributed by atoms with E-state index in [1.807, 2.05) is 0 Å². The molecule has 0 aliphatic heterocycles. The lowest BCUT2D eigenvalue weighted by molar-refractivity contribution is -0.138. The minimum absolute atomic E-state index is 0.177. The fourth-order valence-corrected chi connectivity index (χ4v) is 2.05. The summed E-state index contributed by atoms with van der Waals surface area (Å²) in [5, 5.41) is 11.2. The first-order chi connectivity index (χ1) is 12.0. The number of hydrogen-bond acceptors (Lipinski definition) is 5. The van der Waals surface area contributed by atoms with Crippen LogP contribution in [0.15, 0.2) is 54.6 Å². The zero-order valence-corrected chi connectivity index (χ0v) is 13.3. The number of carboxylic acids is 1. The number of hydrogen-bond donors (Lipinski definition) is 3. The average Bonchev–Trinajstić information content (AvgIpc) is 2.62. The number of ether oxygens (including phenoxy) is 1. The summed E-state index contributed by atoms with van der Waals surface area (Å²) in [5.74, 6) is -1.76. The predicted molar refractivity (Wildman–Crippen MR) is 90.2 cm³/mol. The van der Waals surface area contributed by atoms with Crippen LogP contribution in [0.1, 0.15) is 15.9 Å². The zero-order valence-electron chi connectivity index (χ0n) is 13.3. The molecule has 2 aromatic rings. The summed E-state index contributed by atoms with van der Waals surface area (Å²) in [6.45, 7) is -0.265. The molecule has 0 aromatic heterocycles. The molecule has 0 unspecified atom stereocenters. The molecule has 0 saturated carbocycles. The van der Waals surface area contributed by atoms with Gasteiger partial charge in [0.2, 0.25) is 0 Å². The van der Waals surface area contributed by atoms with Crippen molar-refractivity contribution in [2.45, 2.75) is 12.5 Å². The van der Waals surface area contributed by atoms with E-state index in [2.05, 4.69) is 5.32 Å². The molecule has 0 bridgehead atoms. The van der Waals surface area contributed by atoms with Gasteiger partial charge in [-0.05, 0) is 36.2 Å². The molecule has 0 heterocycles. The van der Waals surface area contributed by atoms with E-state index in [9.17, 15) is 14.4 Å². The predicted octanol–water partition coefficient (Wildman–Crippen LogP) is 0.976. The van der Waals surface area contributed by atoms with E-state index in [1.165, 1.54) is 0 Å². The highest BCUT2D eigenvalue weighted by Crippen LogP contribution is 2.13. The first-order valence-electron chi connectivity index (χ1n) is 7.57. The Morgan fingerprint density at radius 3 is 2.28 bits per heavy atom. The average molecular weight is 342 g/mol. The van der Waals surface area contributed by atoms with Crippen molar-refractivity contribution in [3.63, 3.8) is 0 Å². The van der Waals surface area contributed by atoms with Crippen molar-refractivity contribution < 1.29 is 24.2 Å². The molecular formula is C18H18N2O5. The second kappa shape index (κ2) is 8.60. The number of nitrogens with one attached hydrogen (secondary N) is 1. The van der Waals surface area contributed by atoms with Gasteiger partial charge in [0.15, 0.2) is 0 Å². The third-order valence-electron chi connectivity index (χ3n) is 3.36. The summed E-state index contributed by atoms with van der Waals surface area (Å²) in [4.78, 5) is 34.3. The number of rotatable bonds is 7. The minimum Gasteiger partial charge on any atom is -0.480 e. The summed E-state index contributed by atoms with van der Waals surface area (Å²) < 4.78 is 5.11. The minimum atomic E-state index is -1.08. The van der Waals surface area contributed by atoms with Crippen molar-refractivity contribution in [2.24, 2.45) is 5.73 Å². The van der Waals surface area contributed by atoms with Crippen LogP contribution in [0.4, 0.5) is 0 Å². The molecule has 0 fully saturated rings. The fourth-order valence-electron chi connectivity index (χ4n) is 2.05. The molecule has 0 radical (unpaired) electrons. The Balaban J connectivity index is 1.82. The second-order valence-corrected chi connectivity index (χ2v) is 5.32. The number of carboxylic acid groups (broad SMARTS) is 1. The van der Waals surface area contributed by atoms with Crippen LogP contribution in [0.2, 0.25) is 0 Å². The summed E-state index contributed by atoms with van der Waals surface area (Å²) >= 11 is 0. The third-order valence-corrected chi connectivity index (χ3v) is 3.36. The van der Waals surface area contributed by atoms with E-state index in [0.717, 1.165) is 0 Å². The number of benzene rings is 2. The van der Waals surface area contributed by atoms with Crippen LogP contribution in [0, 0.1) is 0 Å². The highest BCUT2D eigenvalue weighted by Gasteiger charge is 2.13. The van der Waals surface area contributed by atoms with Crippen molar-refractivity contribution in [1.82, 2.24) is 5.32 Å². The van der Waals surface area contributed by atoms with Gasteiger partial charge in [-0.1, -0.05) is 30.3 Å². The Bertz CT molecular complexity index is 744. The normalized spacial score (nSPS) is 11.4. The fraction of sp³-hybridized carbons (Fsp3) is 0.167. The number of aliphatic carboxylic acids is 1. The molecule has 7 heteroatoms. The summed E-state index contributed by atoms with van der Waals surface area (Å²) in [5.41, 5.74) is 6.63. The maximum atomic E-state index is 11.8. The largest absolute Gasteiger partial charge is 0.480 e. The van der Waals surface area contributed by atoms with Crippen LogP contribution in [-0.4, -0.2) is 35.5 Å². The molecule has 7 nitrogen and oxygen atoms in total. The lowest BCUT2D eigenvalue weighted by atomic mass is 10.1. The summed E-state index contributed by atoms with van der Waals surface area (Å²) in [7, 11) is 0. The van der Waals surface area contributed by atoms with Crippen molar-refractivity contribution >= 4 is 17.8 Å². The standard InChI is InChI=1S/C18H18N2O5/c19-15(18(23)24)10-12-6-8-14(9-7-12)25-16(21)11-20-17(22)13-4-2-1-3-5-13/h1-9,15H,10-11,19H2,(H,20,22)(H,23,24)/t15-/m0/s1. The number of esters is 1. The molecular weight excluding hydrogens is 324 g/mol. The van der Waals surface area contributed by atoms with Gasteiger partial charge in [0, 0.05) is 5.56 Å². The Kier molecular flexibility index (Phi) is 6.25. The van der Waals surface area contributed by atoms with E-state index in [-0.39, 0.29) is 18.9 Å². The molecule has 0 saturated heterocycles. The zero-order chi connectivity index (χ0) is 18.2. The monoisotopic (exact) mass is 342 g/mol. The third kappa shape index (κ3) is 5.74. The Morgan fingerprint density at radius 1 is 1.04 bits per heavy atom. The highest BCUT2D eigenvalue weighted by atomic mass is 16.5. The van der Waals surface area contributed by atoms with Crippen molar-refractivity contribution in [3.05, 3.63) is 65.7 Å². The Morgan fingerprint density at radius 2 is 1.68 bits per heavy atom. The van der Waals surface area contributed by atoms with Crippen molar-refractivity contribution in [1.29, 1.82) is 0 Å². The van der Waals surface area contributed by atoms with Gasteiger partial charge in [-0.15, -0.1) is 0 Å². The van der Waals surface area contributed by atoms with Gasteiger partial charge in [-0.25, -0.2) is 4.79 Å². The first kappa shape index (κ1) is 18.2. The topological polar surface area (TPSA) is 119 Å². The maximum absolute atomic E-state index is 11.8. The molecule has 2 aromatic carbocycles. The van der Waals surface area contributed by atoms with E-state index in [0.29, 0.717) is 16.9 Å².